The molecule has 1 atom stereocenters. The number of esters is 1. The van der Waals surface area contributed by atoms with Gasteiger partial charge in [-0.2, -0.15) is 8.68 Å². The van der Waals surface area contributed by atoms with Crippen LogP contribution in [-0.2, 0) is 14.8 Å². The molecule has 11 heteroatoms. The number of sulfonamides is 1. The minimum atomic E-state index is -3.94. The van der Waals surface area contributed by atoms with E-state index in [1.807, 2.05) is 18.2 Å². The molecule has 1 aromatic heterocycles. The highest BCUT2D eigenvalue weighted by Crippen LogP contribution is 2.35. The number of aromatic nitrogens is 1. The van der Waals surface area contributed by atoms with Gasteiger partial charge in [-0.3, -0.25) is 0 Å². The summed E-state index contributed by atoms with van der Waals surface area (Å²) >= 11 is 0.908. The summed E-state index contributed by atoms with van der Waals surface area (Å²) in [5.74, 6) is -0.160. The standard InChI is InChI=1S/C16H19N3O5S2.ClH/c1-23-13-6-4-3-5-11(13)12-9-17-7-8-19(12)26(21,22)14-10-25-18-15(14)16(20)24-2;/h3-6,10,12,17H,7-9H2,1-2H3;1H. The lowest BCUT2D eigenvalue weighted by molar-refractivity contribution is 0.0590. The van der Waals surface area contributed by atoms with Crippen molar-refractivity contribution >= 4 is 39.9 Å². The van der Waals surface area contributed by atoms with Crippen molar-refractivity contribution in [2.45, 2.75) is 10.9 Å². The van der Waals surface area contributed by atoms with Crippen LogP contribution in [-0.4, -0.2) is 56.9 Å². The van der Waals surface area contributed by atoms with E-state index in [4.69, 9.17) is 4.74 Å². The Morgan fingerprint density at radius 1 is 1.33 bits per heavy atom. The third-order valence-electron chi connectivity index (χ3n) is 4.19. The quantitative estimate of drug-likeness (QED) is 0.716. The smallest absolute Gasteiger partial charge is 0.359 e. The van der Waals surface area contributed by atoms with Crippen molar-refractivity contribution in [1.82, 2.24) is 14.0 Å². The van der Waals surface area contributed by atoms with Crippen molar-refractivity contribution in [2.24, 2.45) is 0 Å². The largest absolute Gasteiger partial charge is 0.496 e. The Hall–Kier alpha value is -1.72. The number of methoxy groups -OCH3 is 2. The summed E-state index contributed by atoms with van der Waals surface area (Å²) in [5, 5.41) is 4.58. The van der Waals surface area contributed by atoms with E-state index >= 15 is 0 Å². The maximum atomic E-state index is 13.3. The monoisotopic (exact) mass is 433 g/mol. The van der Waals surface area contributed by atoms with Gasteiger partial charge in [0.25, 0.3) is 0 Å². The molecule has 0 saturated carbocycles. The van der Waals surface area contributed by atoms with Crippen molar-refractivity contribution in [2.75, 3.05) is 33.9 Å². The normalized spacial score (nSPS) is 17.8. The second-order valence-corrected chi connectivity index (χ2v) is 8.08. The van der Waals surface area contributed by atoms with Crippen LogP contribution in [0.4, 0.5) is 0 Å². The first-order chi connectivity index (χ1) is 12.5. The molecule has 1 aromatic carbocycles. The number of ether oxygens (including phenoxy) is 2. The summed E-state index contributed by atoms with van der Waals surface area (Å²) in [6.45, 7) is 1.21. The predicted molar refractivity (Wildman–Crippen MR) is 103 cm³/mol. The molecule has 3 rings (SSSR count). The molecule has 0 bridgehead atoms. The van der Waals surface area contributed by atoms with Crippen molar-refractivity contribution in [3.05, 3.63) is 40.9 Å². The van der Waals surface area contributed by atoms with Crippen LogP contribution in [0.5, 0.6) is 5.75 Å². The zero-order valence-corrected chi connectivity index (χ0v) is 17.2. The second-order valence-electron chi connectivity index (χ2n) is 5.60. The van der Waals surface area contributed by atoms with Crippen molar-refractivity contribution < 1.29 is 22.7 Å². The molecule has 1 fully saturated rings. The molecular weight excluding hydrogens is 414 g/mol. The molecule has 148 valence electrons. The van der Waals surface area contributed by atoms with Gasteiger partial charge >= 0.3 is 5.97 Å². The Balaban J connectivity index is 0.00000261. The van der Waals surface area contributed by atoms with E-state index in [0.717, 1.165) is 17.1 Å². The van der Waals surface area contributed by atoms with E-state index < -0.39 is 22.0 Å². The highest BCUT2D eigenvalue weighted by Gasteiger charge is 2.38. The van der Waals surface area contributed by atoms with Gasteiger partial charge in [-0.05, 0) is 17.6 Å². The molecule has 1 aliphatic heterocycles. The first-order valence-electron chi connectivity index (χ1n) is 7.89. The Bertz CT molecular complexity index is 903. The summed E-state index contributed by atoms with van der Waals surface area (Å²) in [6, 6.07) is 6.83. The molecule has 1 aliphatic rings. The summed E-state index contributed by atoms with van der Waals surface area (Å²) in [5.41, 5.74) is 0.573. The summed E-state index contributed by atoms with van der Waals surface area (Å²) < 4.78 is 41.9. The minimum absolute atomic E-state index is 0. The molecule has 0 radical (unpaired) electrons. The molecule has 0 spiro atoms. The van der Waals surface area contributed by atoms with E-state index in [0.29, 0.717) is 18.8 Å². The number of hydrogen-bond donors (Lipinski definition) is 1. The Kier molecular flexibility index (Phi) is 7.18. The van der Waals surface area contributed by atoms with E-state index in [2.05, 4.69) is 14.4 Å². The van der Waals surface area contributed by atoms with Gasteiger partial charge in [0.15, 0.2) is 5.69 Å². The van der Waals surface area contributed by atoms with Gasteiger partial charge in [-0.15, -0.1) is 12.4 Å². The lowest BCUT2D eigenvalue weighted by Crippen LogP contribution is -2.48. The number of carbonyl (C=O) groups excluding carboxylic acids is 1. The van der Waals surface area contributed by atoms with Gasteiger partial charge in [-0.25, -0.2) is 13.2 Å². The third-order valence-corrected chi connectivity index (χ3v) is 6.89. The Morgan fingerprint density at radius 2 is 2.07 bits per heavy atom. The molecule has 8 nitrogen and oxygen atoms in total. The number of rotatable bonds is 5. The van der Waals surface area contributed by atoms with E-state index in [1.54, 1.807) is 13.2 Å². The number of nitrogens with zero attached hydrogens (tertiary/aromatic N) is 2. The number of nitrogens with one attached hydrogen (secondary N) is 1. The predicted octanol–water partition coefficient (Wildman–Crippen LogP) is 1.70. The Morgan fingerprint density at radius 3 is 2.78 bits per heavy atom. The summed E-state index contributed by atoms with van der Waals surface area (Å²) in [6.07, 6.45) is 0. The highest BCUT2D eigenvalue weighted by atomic mass is 35.5. The molecule has 27 heavy (non-hydrogen) atoms. The molecule has 2 aromatic rings. The van der Waals surface area contributed by atoms with E-state index in [9.17, 15) is 13.2 Å². The Labute approximate surface area is 168 Å². The zero-order chi connectivity index (χ0) is 18.7. The maximum Gasteiger partial charge on any atom is 0.359 e. The van der Waals surface area contributed by atoms with Gasteiger partial charge in [0.1, 0.15) is 10.6 Å². The SMILES string of the molecule is COC(=O)c1nscc1S(=O)(=O)N1CCNCC1c1ccccc1OC.Cl. The van der Waals surface area contributed by atoms with Crippen LogP contribution in [0.15, 0.2) is 34.5 Å². The topological polar surface area (TPSA) is 97.8 Å². The van der Waals surface area contributed by atoms with E-state index in [-0.39, 0.29) is 29.5 Å². The van der Waals surface area contributed by atoms with Crippen LogP contribution in [0.2, 0.25) is 0 Å². The number of para-hydroxylation sites is 1. The van der Waals surface area contributed by atoms with Gasteiger partial charge in [0, 0.05) is 30.6 Å². The molecule has 0 amide bonds. The number of piperazine rings is 1. The fourth-order valence-corrected chi connectivity index (χ4v) is 5.64. The molecule has 1 N–H and O–H groups in total. The van der Waals surface area contributed by atoms with Gasteiger partial charge in [0.05, 0.1) is 20.3 Å². The van der Waals surface area contributed by atoms with Crippen LogP contribution < -0.4 is 10.1 Å². The average molecular weight is 434 g/mol. The minimum Gasteiger partial charge on any atom is -0.496 e. The fraction of sp³-hybridized carbons (Fsp3) is 0.375. The maximum absolute atomic E-state index is 13.3. The van der Waals surface area contributed by atoms with Crippen molar-refractivity contribution in [3.63, 3.8) is 0 Å². The molecular formula is C16H20ClN3O5S2. The average Bonchev–Trinajstić information content (AvgIpc) is 3.18. The van der Waals surface area contributed by atoms with Crippen LogP contribution in [0.3, 0.4) is 0 Å². The second kappa shape index (κ2) is 8.98. The van der Waals surface area contributed by atoms with Gasteiger partial charge in [0.2, 0.25) is 10.0 Å². The first-order valence-corrected chi connectivity index (χ1v) is 10.2. The lowest BCUT2D eigenvalue weighted by Gasteiger charge is -2.35. The number of benzene rings is 1. The van der Waals surface area contributed by atoms with Crippen LogP contribution in [0.1, 0.15) is 22.1 Å². The van der Waals surface area contributed by atoms with Crippen molar-refractivity contribution in [3.8, 4) is 5.75 Å². The lowest BCUT2D eigenvalue weighted by atomic mass is 10.0. The summed E-state index contributed by atoms with van der Waals surface area (Å²) in [7, 11) is -1.20. The highest BCUT2D eigenvalue weighted by molar-refractivity contribution is 7.89. The molecule has 2 heterocycles. The molecule has 0 aliphatic carbocycles. The zero-order valence-electron chi connectivity index (χ0n) is 14.7. The number of hydrogen-bond acceptors (Lipinski definition) is 8. The number of carbonyl (C=O) groups is 1. The third kappa shape index (κ3) is 4.09. The van der Waals surface area contributed by atoms with Crippen LogP contribution in [0.25, 0.3) is 0 Å². The fourth-order valence-electron chi connectivity index (χ4n) is 2.95. The van der Waals surface area contributed by atoms with Gasteiger partial charge in [-0.1, -0.05) is 18.2 Å². The summed E-state index contributed by atoms with van der Waals surface area (Å²) in [4.78, 5) is 11.8. The van der Waals surface area contributed by atoms with Gasteiger partial charge < -0.3 is 14.8 Å². The first kappa shape index (κ1) is 21.6. The number of halogens is 1. The van der Waals surface area contributed by atoms with Crippen LogP contribution >= 0.6 is 23.9 Å². The molecule has 1 saturated heterocycles. The van der Waals surface area contributed by atoms with Crippen molar-refractivity contribution in [1.29, 1.82) is 0 Å². The van der Waals surface area contributed by atoms with Crippen LogP contribution in [0, 0.1) is 0 Å². The molecule has 1 unspecified atom stereocenters. The van der Waals surface area contributed by atoms with E-state index in [1.165, 1.54) is 16.8 Å².